The van der Waals surface area contributed by atoms with Crippen molar-refractivity contribution in [3.05, 3.63) is 72.9 Å². The molecule has 0 aliphatic carbocycles. The molecular formula is C40H66O4. The molecule has 0 rings (SSSR count). The van der Waals surface area contributed by atoms with Crippen LogP contribution in [0.3, 0.4) is 0 Å². The zero-order valence-electron chi connectivity index (χ0n) is 28.4. The van der Waals surface area contributed by atoms with Crippen LogP contribution in [0.15, 0.2) is 72.9 Å². The molecule has 0 saturated carbocycles. The van der Waals surface area contributed by atoms with E-state index in [0.29, 0.717) is 6.42 Å². The highest BCUT2D eigenvalue weighted by atomic mass is 16.5. The minimum atomic E-state index is -0.722. The maximum atomic E-state index is 12.5. The molecule has 250 valence electrons. The third-order valence-electron chi connectivity index (χ3n) is 7.44. The molecule has 0 aromatic heterocycles. The van der Waals surface area contributed by atoms with Gasteiger partial charge in [0.15, 0.2) is 0 Å². The van der Waals surface area contributed by atoms with Crippen molar-refractivity contribution in [2.75, 3.05) is 0 Å². The SMILES string of the molecule is CC/C=C\C/C=C\C/C=C\C/C=C\C/C=C\C/C=C\CCCCC(=O)OC(CCCCCCCC)CCCCCCC(=O)O. The molecule has 0 heterocycles. The number of rotatable bonds is 31. The Kier molecular flexibility index (Phi) is 32.8. The fourth-order valence-electron chi connectivity index (χ4n) is 4.83. The molecule has 4 nitrogen and oxygen atoms in total. The molecule has 0 aromatic rings. The lowest BCUT2D eigenvalue weighted by atomic mass is 10.0. The first-order valence-electron chi connectivity index (χ1n) is 17.9. The van der Waals surface area contributed by atoms with Gasteiger partial charge in [-0.25, -0.2) is 0 Å². The van der Waals surface area contributed by atoms with Gasteiger partial charge in [0.1, 0.15) is 6.10 Å². The van der Waals surface area contributed by atoms with Crippen LogP contribution < -0.4 is 0 Å². The Hall–Kier alpha value is -2.62. The molecule has 1 atom stereocenters. The summed E-state index contributed by atoms with van der Waals surface area (Å²) in [4.78, 5) is 23.2. The fourth-order valence-corrected chi connectivity index (χ4v) is 4.83. The molecule has 0 aliphatic heterocycles. The molecule has 0 bridgehead atoms. The predicted molar refractivity (Wildman–Crippen MR) is 190 cm³/mol. The van der Waals surface area contributed by atoms with Gasteiger partial charge in [0.25, 0.3) is 0 Å². The van der Waals surface area contributed by atoms with E-state index in [0.717, 1.165) is 103 Å². The van der Waals surface area contributed by atoms with Crippen molar-refractivity contribution in [3.63, 3.8) is 0 Å². The maximum absolute atomic E-state index is 12.5. The zero-order valence-corrected chi connectivity index (χ0v) is 28.4. The summed E-state index contributed by atoms with van der Waals surface area (Å²) in [6.07, 6.45) is 49.2. The fraction of sp³-hybridized carbons (Fsp3) is 0.650. The summed E-state index contributed by atoms with van der Waals surface area (Å²) in [6, 6.07) is 0. The van der Waals surface area contributed by atoms with Gasteiger partial charge in [-0.2, -0.15) is 0 Å². The van der Waals surface area contributed by atoms with E-state index >= 15 is 0 Å². The average Bonchev–Trinajstić information content (AvgIpc) is 3.01. The van der Waals surface area contributed by atoms with Gasteiger partial charge >= 0.3 is 11.9 Å². The number of carboxylic acid groups (broad SMARTS) is 1. The summed E-state index contributed by atoms with van der Waals surface area (Å²) in [7, 11) is 0. The minimum Gasteiger partial charge on any atom is -0.481 e. The van der Waals surface area contributed by atoms with Crippen LogP contribution in [0.2, 0.25) is 0 Å². The zero-order chi connectivity index (χ0) is 32.2. The van der Waals surface area contributed by atoms with E-state index in [1.54, 1.807) is 0 Å². The van der Waals surface area contributed by atoms with Crippen molar-refractivity contribution in [3.8, 4) is 0 Å². The third kappa shape index (κ3) is 33.9. The summed E-state index contributed by atoms with van der Waals surface area (Å²) in [6.45, 7) is 4.39. The standard InChI is InChI=1S/C40H66O4/c1-3-5-7-9-11-12-13-14-15-16-17-18-19-20-21-22-23-24-25-27-33-37-40(43)44-38(34-30-26-10-8-6-4-2)35-31-28-29-32-36-39(41)42/h5,7,11-12,14-15,17-18,20-21,23-24,38H,3-4,6,8-10,13,16,19,22,25-37H2,1-2H3,(H,41,42)/b7-5-,12-11-,15-14-,18-17-,21-20-,24-23-. The number of carbonyl (C=O) groups is 2. The molecule has 0 aliphatic rings. The summed E-state index contributed by atoms with van der Waals surface area (Å²) in [5, 5.41) is 8.79. The lowest BCUT2D eigenvalue weighted by Gasteiger charge is -2.18. The highest BCUT2D eigenvalue weighted by Gasteiger charge is 2.14. The van der Waals surface area contributed by atoms with Gasteiger partial charge < -0.3 is 9.84 Å². The van der Waals surface area contributed by atoms with E-state index in [2.05, 4.69) is 86.8 Å². The molecular weight excluding hydrogens is 544 g/mol. The Morgan fingerprint density at radius 1 is 0.523 bits per heavy atom. The van der Waals surface area contributed by atoms with Crippen LogP contribution in [-0.2, 0) is 14.3 Å². The largest absolute Gasteiger partial charge is 0.481 e. The lowest BCUT2D eigenvalue weighted by Crippen LogP contribution is -2.18. The number of carbonyl (C=O) groups excluding carboxylic acids is 1. The van der Waals surface area contributed by atoms with Crippen molar-refractivity contribution in [2.24, 2.45) is 0 Å². The van der Waals surface area contributed by atoms with Gasteiger partial charge in [-0.3, -0.25) is 9.59 Å². The molecule has 0 radical (unpaired) electrons. The number of esters is 1. The molecule has 1 unspecified atom stereocenters. The maximum Gasteiger partial charge on any atom is 0.306 e. The van der Waals surface area contributed by atoms with E-state index in [1.165, 1.54) is 32.1 Å². The molecule has 0 spiro atoms. The van der Waals surface area contributed by atoms with Crippen LogP contribution in [0.1, 0.15) is 162 Å². The van der Waals surface area contributed by atoms with E-state index in [1.807, 2.05) is 0 Å². The van der Waals surface area contributed by atoms with Gasteiger partial charge in [0, 0.05) is 12.8 Å². The van der Waals surface area contributed by atoms with Gasteiger partial charge in [-0.1, -0.05) is 132 Å². The molecule has 0 fully saturated rings. The van der Waals surface area contributed by atoms with Crippen molar-refractivity contribution < 1.29 is 19.4 Å². The van der Waals surface area contributed by atoms with Crippen LogP contribution in [0.4, 0.5) is 0 Å². The van der Waals surface area contributed by atoms with Crippen LogP contribution in [-0.4, -0.2) is 23.1 Å². The highest BCUT2D eigenvalue weighted by Crippen LogP contribution is 2.18. The van der Waals surface area contributed by atoms with Gasteiger partial charge in [0.05, 0.1) is 0 Å². The van der Waals surface area contributed by atoms with E-state index in [9.17, 15) is 9.59 Å². The Labute approximate surface area is 271 Å². The van der Waals surface area contributed by atoms with Crippen molar-refractivity contribution in [2.45, 2.75) is 168 Å². The van der Waals surface area contributed by atoms with Crippen molar-refractivity contribution in [1.82, 2.24) is 0 Å². The van der Waals surface area contributed by atoms with E-state index in [-0.39, 0.29) is 18.5 Å². The number of hydrogen-bond acceptors (Lipinski definition) is 3. The number of allylic oxidation sites excluding steroid dienone is 12. The molecule has 0 amide bonds. The first-order chi connectivity index (χ1) is 21.6. The van der Waals surface area contributed by atoms with Crippen LogP contribution in [0, 0.1) is 0 Å². The minimum absolute atomic E-state index is 0.0107. The topological polar surface area (TPSA) is 63.6 Å². The van der Waals surface area contributed by atoms with Crippen LogP contribution in [0.25, 0.3) is 0 Å². The lowest BCUT2D eigenvalue weighted by molar-refractivity contribution is -0.150. The van der Waals surface area contributed by atoms with Crippen molar-refractivity contribution in [1.29, 1.82) is 0 Å². The van der Waals surface area contributed by atoms with Crippen LogP contribution >= 0.6 is 0 Å². The predicted octanol–water partition coefficient (Wildman–Crippen LogP) is 12.3. The number of carboxylic acids is 1. The molecule has 1 N–H and O–H groups in total. The summed E-state index contributed by atoms with van der Waals surface area (Å²) in [5.74, 6) is -0.782. The van der Waals surface area contributed by atoms with Gasteiger partial charge in [0.2, 0.25) is 0 Å². The summed E-state index contributed by atoms with van der Waals surface area (Å²) in [5.41, 5.74) is 0. The quantitative estimate of drug-likeness (QED) is 0.0482. The number of hydrogen-bond donors (Lipinski definition) is 1. The number of unbranched alkanes of at least 4 members (excludes halogenated alkanes) is 10. The first kappa shape index (κ1) is 41.4. The normalized spacial score (nSPS) is 13.1. The number of ether oxygens (including phenoxy) is 1. The Balaban J connectivity index is 4.00. The third-order valence-corrected chi connectivity index (χ3v) is 7.44. The average molecular weight is 611 g/mol. The second kappa shape index (κ2) is 34.9. The molecule has 0 aromatic carbocycles. The van der Waals surface area contributed by atoms with Crippen LogP contribution in [0.5, 0.6) is 0 Å². The smallest absolute Gasteiger partial charge is 0.306 e. The van der Waals surface area contributed by atoms with Gasteiger partial charge in [-0.05, 0) is 89.9 Å². The summed E-state index contributed by atoms with van der Waals surface area (Å²) < 4.78 is 5.89. The van der Waals surface area contributed by atoms with E-state index in [4.69, 9.17) is 9.84 Å². The van der Waals surface area contributed by atoms with E-state index < -0.39 is 5.97 Å². The Morgan fingerprint density at radius 2 is 0.955 bits per heavy atom. The molecule has 4 heteroatoms. The first-order valence-corrected chi connectivity index (χ1v) is 17.9. The van der Waals surface area contributed by atoms with Gasteiger partial charge in [-0.15, -0.1) is 0 Å². The highest BCUT2D eigenvalue weighted by molar-refractivity contribution is 5.69. The summed E-state index contributed by atoms with van der Waals surface area (Å²) >= 11 is 0. The second-order valence-electron chi connectivity index (χ2n) is 11.7. The Morgan fingerprint density at radius 3 is 1.45 bits per heavy atom. The monoisotopic (exact) mass is 610 g/mol. The molecule has 44 heavy (non-hydrogen) atoms. The molecule has 0 saturated heterocycles. The second-order valence-corrected chi connectivity index (χ2v) is 11.7. The Bertz CT molecular complexity index is 830. The van der Waals surface area contributed by atoms with Crippen molar-refractivity contribution >= 4 is 11.9 Å². The number of aliphatic carboxylic acids is 1.